The van der Waals surface area contributed by atoms with Gasteiger partial charge in [0, 0.05) is 12.1 Å². The van der Waals surface area contributed by atoms with Crippen molar-refractivity contribution in [3.63, 3.8) is 0 Å². The minimum absolute atomic E-state index is 0.0403. The Kier molecular flexibility index (Phi) is 5.29. The van der Waals surface area contributed by atoms with Gasteiger partial charge in [0.2, 0.25) is 11.7 Å². The van der Waals surface area contributed by atoms with Gasteiger partial charge in [-0.3, -0.25) is 4.79 Å². The second-order valence-electron chi connectivity index (χ2n) is 7.05. The largest absolute Gasteiger partial charge is 0.493 e. The Balaban J connectivity index is 1.59. The van der Waals surface area contributed by atoms with Crippen LogP contribution in [0, 0.1) is 0 Å². The van der Waals surface area contributed by atoms with Gasteiger partial charge in [-0.1, -0.05) is 18.2 Å². The molecule has 7 nitrogen and oxygen atoms in total. The maximum absolute atomic E-state index is 13.2. The molecule has 0 radical (unpaired) electrons. The first-order valence-electron chi connectivity index (χ1n) is 9.68. The van der Waals surface area contributed by atoms with Crippen molar-refractivity contribution >= 4 is 16.9 Å². The van der Waals surface area contributed by atoms with Gasteiger partial charge in [-0.25, -0.2) is 4.98 Å². The lowest BCUT2D eigenvalue weighted by Crippen LogP contribution is -2.32. The number of hydrogen-bond acceptors (Lipinski definition) is 5. The van der Waals surface area contributed by atoms with Gasteiger partial charge in [-0.2, -0.15) is 0 Å². The fraction of sp³-hybridized carbons (Fsp3) is 0.364. The van der Waals surface area contributed by atoms with E-state index in [1.54, 1.807) is 27.4 Å². The van der Waals surface area contributed by atoms with Crippen LogP contribution in [0.2, 0.25) is 0 Å². The minimum Gasteiger partial charge on any atom is -0.493 e. The topological polar surface area (TPSA) is 76.7 Å². The number of carbonyl (C=O) groups is 1. The fourth-order valence-electron chi connectivity index (χ4n) is 4.05. The van der Waals surface area contributed by atoms with Crippen LogP contribution in [0.25, 0.3) is 11.0 Å². The molecular weight excluding hydrogens is 370 g/mol. The molecule has 1 aliphatic rings. The highest BCUT2D eigenvalue weighted by Gasteiger charge is 2.32. The quantitative estimate of drug-likeness (QED) is 0.691. The van der Waals surface area contributed by atoms with Gasteiger partial charge in [0.1, 0.15) is 5.82 Å². The third-order valence-electron chi connectivity index (χ3n) is 5.42. The molecule has 2 aromatic carbocycles. The lowest BCUT2D eigenvalue weighted by Gasteiger charge is -2.24. The summed E-state index contributed by atoms with van der Waals surface area (Å²) in [5.41, 5.74) is 2.68. The van der Waals surface area contributed by atoms with Crippen molar-refractivity contribution in [2.75, 3.05) is 27.9 Å². The summed E-state index contributed by atoms with van der Waals surface area (Å²) in [5, 5.41) is 0. The number of benzene rings is 2. The average Bonchev–Trinajstić information content (AvgIpc) is 3.39. The van der Waals surface area contributed by atoms with E-state index in [1.165, 1.54) is 0 Å². The first-order chi connectivity index (χ1) is 14.2. The zero-order valence-corrected chi connectivity index (χ0v) is 16.9. The van der Waals surface area contributed by atoms with Gasteiger partial charge < -0.3 is 24.1 Å². The number of nitrogens with zero attached hydrogens (tertiary/aromatic N) is 2. The second-order valence-corrected chi connectivity index (χ2v) is 7.05. The molecule has 1 aromatic heterocycles. The average molecular weight is 395 g/mol. The van der Waals surface area contributed by atoms with E-state index >= 15 is 0 Å². The van der Waals surface area contributed by atoms with Crippen molar-refractivity contribution < 1.29 is 19.0 Å². The normalized spacial score (nSPS) is 16.2. The molecule has 0 unspecified atom stereocenters. The minimum atomic E-state index is -0.0407. The SMILES string of the molecule is COc1ccc(CC(=O)N2CCC[C@@H]2c2nc3ccccc3[nH]2)c(OC)c1OC. The highest BCUT2D eigenvalue weighted by atomic mass is 16.5. The summed E-state index contributed by atoms with van der Waals surface area (Å²) in [5.74, 6) is 2.48. The van der Waals surface area contributed by atoms with Crippen LogP contribution in [-0.4, -0.2) is 48.6 Å². The molecule has 2 heterocycles. The summed E-state index contributed by atoms with van der Waals surface area (Å²) in [4.78, 5) is 23.2. The van der Waals surface area contributed by atoms with Crippen LogP contribution in [0.5, 0.6) is 17.2 Å². The highest BCUT2D eigenvalue weighted by Crippen LogP contribution is 2.40. The molecule has 0 saturated carbocycles. The third kappa shape index (κ3) is 3.48. The van der Waals surface area contributed by atoms with Crippen molar-refractivity contribution in [1.82, 2.24) is 14.9 Å². The molecule has 1 saturated heterocycles. The Bertz CT molecular complexity index is 997. The monoisotopic (exact) mass is 395 g/mol. The van der Waals surface area contributed by atoms with E-state index < -0.39 is 0 Å². The Morgan fingerprint density at radius 2 is 1.90 bits per heavy atom. The number of H-pyrrole nitrogens is 1. The van der Waals surface area contributed by atoms with E-state index in [2.05, 4.69) is 4.98 Å². The zero-order valence-electron chi connectivity index (χ0n) is 16.9. The molecule has 0 aliphatic carbocycles. The number of amides is 1. The van der Waals surface area contributed by atoms with Crippen LogP contribution in [-0.2, 0) is 11.2 Å². The maximum atomic E-state index is 13.2. The molecule has 1 aliphatic heterocycles. The van der Waals surface area contributed by atoms with Crippen molar-refractivity contribution in [2.24, 2.45) is 0 Å². The van der Waals surface area contributed by atoms with Crippen LogP contribution in [0.1, 0.15) is 30.3 Å². The van der Waals surface area contributed by atoms with Crippen molar-refractivity contribution in [3.05, 3.63) is 47.8 Å². The molecule has 29 heavy (non-hydrogen) atoms. The third-order valence-corrected chi connectivity index (χ3v) is 5.42. The number of nitrogens with one attached hydrogen (secondary N) is 1. The lowest BCUT2D eigenvalue weighted by molar-refractivity contribution is -0.131. The molecule has 1 amide bonds. The molecule has 1 N–H and O–H groups in total. The summed E-state index contributed by atoms with van der Waals surface area (Å²) in [6.45, 7) is 0.718. The standard InChI is InChI=1S/C22H25N3O4/c1-27-18-11-10-14(20(28-2)21(18)29-3)13-19(26)25-12-6-9-17(25)22-23-15-7-4-5-8-16(15)24-22/h4-5,7-8,10-11,17H,6,9,12-13H2,1-3H3,(H,23,24)/t17-/m1/s1. The Hall–Kier alpha value is -3.22. The number of fused-ring (bicyclic) bond motifs is 1. The number of carbonyl (C=O) groups excluding carboxylic acids is 1. The fourth-order valence-corrected chi connectivity index (χ4v) is 4.05. The Morgan fingerprint density at radius 1 is 1.10 bits per heavy atom. The number of hydrogen-bond donors (Lipinski definition) is 1. The zero-order chi connectivity index (χ0) is 20.4. The van der Waals surface area contributed by atoms with Gasteiger partial charge in [0.25, 0.3) is 0 Å². The van der Waals surface area contributed by atoms with Gasteiger partial charge >= 0.3 is 0 Å². The van der Waals surface area contributed by atoms with Crippen molar-refractivity contribution in [3.8, 4) is 17.2 Å². The molecule has 1 atom stereocenters. The maximum Gasteiger partial charge on any atom is 0.227 e. The van der Waals surface area contributed by atoms with E-state index in [4.69, 9.17) is 19.2 Å². The predicted molar refractivity (Wildman–Crippen MR) is 110 cm³/mol. The molecule has 1 fully saturated rings. The molecule has 152 valence electrons. The summed E-state index contributed by atoms with van der Waals surface area (Å²) in [6, 6.07) is 11.5. The van der Waals surface area contributed by atoms with E-state index in [-0.39, 0.29) is 18.4 Å². The summed E-state index contributed by atoms with van der Waals surface area (Å²) in [6.07, 6.45) is 2.07. The van der Waals surface area contributed by atoms with E-state index in [9.17, 15) is 4.79 Å². The van der Waals surface area contributed by atoms with Gasteiger partial charge in [0.15, 0.2) is 11.5 Å². The van der Waals surface area contributed by atoms with E-state index in [0.29, 0.717) is 17.2 Å². The van der Waals surface area contributed by atoms with Crippen LogP contribution in [0.3, 0.4) is 0 Å². The van der Waals surface area contributed by atoms with Crippen LogP contribution in [0.15, 0.2) is 36.4 Å². The van der Waals surface area contributed by atoms with Gasteiger partial charge in [0.05, 0.1) is 44.8 Å². The molecule has 0 spiro atoms. The lowest BCUT2D eigenvalue weighted by atomic mass is 10.1. The number of methoxy groups -OCH3 is 3. The molecule has 4 rings (SSSR count). The van der Waals surface area contributed by atoms with Crippen molar-refractivity contribution in [1.29, 1.82) is 0 Å². The molecule has 0 bridgehead atoms. The smallest absolute Gasteiger partial charge is 0.227 e. The summed E-state index contributed by atoms with van der Waals surface area (Å²) >= 11 is 0. The van der Waals surface area contributed by atoms with E-state index in [1.807, 2.05) is 35.2 Å². The number of para-hydroxylation sites is 2. The predicted octanol–water partition coefficient (Wildman–Crippen LogP) is 3.49. The Morgan fingerprint density at radius 3 is 2.62 bits per heavy atom. The first kappa shape index (κ1) is 19.1. The number of aromatic amines is 1. The number of aromatic nitrogens is 2. The molecule has 3 aromatic rings. The second kappa shape index (κ2) is 8.03. The summed E-state index contributed by atoms with van der Waals surface area (Å²) < 4.78 is 16.3. The molecule has 7 heteroatoms. The number of imidazole rings is 1. The molecular formula is C22H25N3O4. The first-order valence-corrected chi connectivity index (χ1v) is 9.68. The van der Waals surface area contributed by atoms with Crippen LogP contribution < -0.4 is 14.2 Å². The number of rotatable bonds is 6. The van der Waals surface area contributed by atoms with Crippen molar-refractivity contribution in [2.45, 2.75) is 25.3 Å². The van der Waals surface area contributed by atoms with Gasteiger partial charge in [-0.15, -0.1) is 0 Å². The van der Waals surface area contributed by atoms with E-state index in [0.717, 1.165) is 41.8 Å². The van der Waals surface area contributed by atoms with Gasteiger partial charge in [-0.05, 0) is 31.0 Å². The highest BCUT2D eigenvalue weighted by molar-refractivity contribution is 5.81. The number of likely N-dealkylation sites (tertiary alicyclic amines) is 1. The van der Waals surface area contributed by atoms with Crippen LogP contribution in [0.4, 0.5) is 0 Å². The Labute approximate surface area is 169 Å². The summed E-state index contributed by atoms with van der Waals surface area (Å²) in [7, 11) is 4.70. The van der Waals surface area contributed by atoms with Crippen LogP contribution >= 0.6 is 0 Å². The number of ether oxygens (including phenoxy) is 3.